The third-order valence-electron chi connectivity index (χ3n) is 4.16. The van der Waals surface area contributed by atoms with E-state index in [1.165, 1.54) is 11.8 Å². The molecule has 8 nitrogen and oxygen atoms in total. The van der Waals surface area contributed by atoms with Crippen LogP contribution in [0.2, 0.25) is 0 Å². The average molecular weight is 341 g/mol. The summed E-state index contributed by atoms with van der Waals surface area (Å²) in [4.78, 5) is 46.7. The monoisotopic (exact) mass is 341 g/mol. The summed E-state index contributed by atoms with van der Waals surface area (Å²) in [5.41, 5.74) is 3.31. The van der Waals surface area contributed by atoms with Crippen LogP contribution in [0.1, 0.15) is 22.5 Å². The van der Waals surface area contributed by atoms with E-state index >= 15 is 0 Å². The first-order valence-corrected chi connectivity index (χ1v) is 7.96. The molecule has 0 saturated heterocycles. The highest BCUT2D eigenvalue weighted by atomic mass is 16.2. The summed E-state index contributed by atoms with van der Waals surface area (Å²) in [5, 5.41) is 2.75. The molecule has 8 heteroatoms. The van der Waals surface area contributed by atoms with Crippen molar-refractivity contribution in [2.24, 2.45) is 0 Å². The molecule has 0 bridgehead atoms. The lowest BCUT2D eigenvalue weighted by Gasteiger charge is -2.03. The van der Waals surface area contributed by atoms with Crippen molar-refractivity contribution in [2.45, 2.75) is 26.7 Å². The fraction of sp³-hybridized carbons (Fsp3) is 0.294. The van der Waals surface area contributed by atoms with Gasteiger partial charge in [0.2, 0.25) is 5.91 Å². The van der Waals surface area contributed by atoms with E-state index in [2.05, 4.69) is 25.3 Å². The fourth-order valence-corrected chi connectivity index (χ4v) is 2.61. The molecule has 25 heavy (non-hydrogen) atoms. The largest absolute Gasteiger partial charge is 0.355 e. The molecule has 1 amide bonds. The number of fused-ring (bicyclic) bond motifs is 1. The highest BCUT2D eigenvalue weighted by molar-refractivity contribution is 5.80. The van der Waals surface area contributed by atoms with Gasteiger partial charge in [0.25, 0.3) is 5.56 Å². The summed E-state index contributed by atoms with van der Waals surface area (Å²) in [6.45, 7) is 4.48. The highest BCUT2D eigenvalue weighted by Gasteiger charge is 2.09. The summed E-state index contributed by atoms with van der Waals surface area (Å²) in [6, 6.07) is 4.04. The van der Waals surface area contributed by atoms with E-state index in [1.807, 2.05) is 26.0 Å². The second-order valence-electron chi connectivity index (χ2n) is 5.96. The Kier molecular flexibility index (Phi) is 4.51. The van der Waals surface area contributed by atoms with Crippen LogP contribution in [0.5, 0.6) is 0 Å². The molecule has 0 aliphatic rings. The van der Waals surface area contributed by atoms with Gasteiger partial charge in [-0.2, -0.15) is 0 Å². The molecule has 0 aliphatic heterocycles. The zero-order valence-electron chi connectivity index (χ0n) is 14.0. The van der Waals surface area contributed by atoms with Crippen molar-refractivity contribution in [2.75, 3.05) is 6.54 Å². The number of carbonyl (C=O) groups excluding carboxylic acids is 1. The molecule has 3 aromatic rings. The third kappa shape index (κ3) is 3.68. The van der Waals surface area contributed by atoms with Crippen LogP contribution in [0.3, 0.4) is 0 Å². The summed E-state index contributed by atoms with van der Waals surface area (Å²) < 4.78 is 0. The van der Waals surface area contributed by atoms with Crippen molar-refractivity contribution in [1.82, 2.24) is 25.3 Å². The maximum absolute atomic E-state index is 11.9. The second kappa shape index (κ2) is 6.76. The topological polar surface area (TPSA) is 123 Å². The molecule has 4 N–H and O–H groups in total. The third-order valence-corrected chi connectivity index (χ3v) is 4.16. The molecule has 130 valence electrons. The van der Waals surface area contributed by atoms with E-state index in [1.54, 1.807) is 0 Å². The van der Waals surface area contributed by atoms with Gasteiger partial charge in [-0.05, 0) is 31.0 Å². The predicted molar refractivity (Wildman–Crippen MR) is 93.7 cm³/mol. The normalized spacial score (nSPS) is 11.0. The van der Waals surface area contributed by atoms with Gasteiger partial charge in [0.1, 0.15) is 5.82 Å². The Balaban J connectivity index is 1.59. The van der Waals surface area contributed by atoms with Crippen molar-refractivity contribution in [1.29, 1.82) is 0 Å². The number of rotatable bonds is 5. The van der Waals surface area contributed by atoms with Crippen LogP contribution in [0.15, 0.2) is 27.9 Å². The molecule has 0 aliphatic carbocycles. The van der Waals surface area contributed by atoms with E-state index in [0.717, 1.165) is 22.4 Å². The zero-order chi connectivity index (χ0) is 18.0. The maximum atomic E-state index is 11.9. The molecule has 0 fully saturated rings. The van der Waals surface area contributed by atoms with E-state index in [-0.39, 0.29) is 17.9 Å². The van der Waals surface area contributed by atoms with Crippen molar-refractivity contribution < 1.29 is 4.79 Å². The van der Waals surface area contributed by atoms with Gasteiger partial charge in [-0.1, -0.05) is 6.07 Å². The molecule has 1 aromatic carbocycles. The molecule has 2 heterocycles. The van der Waals surface area contributed by atoms with Crippen LogP contribution in [0, 0.1) is 13.8 Å². The van der Waals surface area contributed by atoms with Crippen LogP contribution in [0.4, 0.5) is 0 Å². The lowest BCUT2D eigenvalue weighted by atomic mass is 10.1. The summed E-state index contributed by atoms with van der Waals surface area (Å²) >= 11 is 0. The van der Waals surface area contributed by atoms with Gasteiger partial charge in [0, 0.05) is 24.7 Å². The fourth-order valence-electron chi connectivity index (χ4n) is 2.61. The number of carbonyl (C=O) groups is 1. The molecule has 3 rings (SSSR count). The van der Waals surface area contributed by atoms with Crippen LogP contribution in [0.25, 0.3) is 11.0 Å². The van der Waals surface area contributed by atoms with Crippen molar-refractivity contribution >= 4 is 16.9 Å². The van der Waals surface area contributed by atoms with Gasteiger partial charge in [0.15, 0.2) is 0 Å². The molecular weight excluding hydrogens is 322 g/mol. The Labute approximate surface area is 142 Å². The number of hydrogen-bond donors (Lipinski definition) is 4. The lowest BCUT2D eigenvalue weighted by molar-refractivity contribution is -0.120. The molecular formula is C17H19N5O3. The molecule has 0 unspecified atom stereocenters. The number of H-pyrrole nitrogens is 3. The first kappa shape index (κ1) is 16.7. The minimum atomic E-state index is -0.593. The van der Waals surface area contributed by atoms with Crippen molar-refractivity contribution in [3.05, 3.63) is 61.7 Å². The number of benzene rings is 1. The van der Waals surface area contributed by atoms with Gasteiger partial charge >= 0.3 is 5.69 Å². The van der Waals surface area contributed by atoms with Gasteiger partial charge in [0.05, 0.1) is 17.5 Å². The highest BCUT2D eigenvalue weighted by Crippen LogP contribution is 2.19. The quantitative estimate of drug-likeness (QED) is 0.538. The zero-order valence-corrected chi connectivity index (χ0v) is 14.0. The summed E-state index contributed by atoms with van der Waals surface area (Å²) in [5.74, 6) is 0.506. The Hall–Kier alpha value is -3.16. The summed E-state index contributed by atoms with van der Waals surface area (Å²) in [6.07, 6.45) is 1.72. The van der Waals surface area contributed by atoms with Crippen molar-refractivity contribution in [3.63, 3.8) is 0 Å². The first-order chi connectivity index (χ1) is 11.9. The van der Waals surface area contributed by atoms with E-state index in [9.17, 15) is 14.4 Å². The average Bonchev–Trinajstić information content (AvgIpc) is 2.97. The maximum Gasteiger partial charge on any atom is 0.325 e. The number of nitrogens with one attached hydrogen (secondary N) is 4. The number of imidazole rings is 1. The van der Waals surface area contributed by atoms with E-state index in [4.69, 9.17) is 0 Å². The Morgan fingerprint density at radius 2 is 2.00 bits per heavy atom. The molecule has 0 atom stereocenters. The Bertz CT molecular complexity index is 1040. The van der Waals surface area contributed by atoms with Gasteiger partial charge in [-0.3, -0.25) is 14.6 Å². The Morgan fingerprint density at radius 1 is 1.20 bits per heavy atom. The number of hydrogen-bond acceptors (Lipinski definition) is 4. The van der Waals surface area contributed by atoms with Crippen LogP contribution in [-0.2, 0) is 17.6 Å². The van der Waals surface area contributed by atoms with Crippen molar-refractivity contribution in [3.8, 4) is 0 Å². The SMILES string of the molecule is Cc1ccc2[nH]c(CCNC(=O)Cc3c[nH]c(=O)[nH]c3=O)nc2c1C. The number of aromatic amines is 3. The number of amides is 1. The second-order valence-corrected chi connectivity index (χ2v) is 5.96. The smallest absolute Gasteiger partial charge is 0.325 e. The van der Waals surface area contributed by atoms with Crippen LogP contribution < -0.4 is 16.6 Å². The van der Waals surface area contributed by atoms with E-state index in [0.29, 0.717) is 13.0 Å². The van der Waals surface area contributed by atoms with Gasteiger partial charge in [-0.25, -0.2) is 9.78 Å². The molecule has 0 saturated carbocycles. The van der Waals surface area contributed by atoms with Crippen LogP contribution in [-0.4, -0.2) is 32.4 Å². The van der Waals surface area contributed by atoms with Crippen LogP contribution >= 0.6 is 0 Å². The molecule has 0 spiro atoms. The Morgan fingerprint density at radius 3 is 2.76 bits per heavy atom. The number of aromatic nitrogens is 4. The first-order valence-electron chi connectivity index (χ1n) is 7.96. The molecule has 0 radical (unpaired) electrons. The predicted octanol–water partition coefficient (Wildman–Crippen LogP) is 0.458. The van der Waals surface area contributed by atoms with E-state index < -0.39 is 11.2 Å². The summed E-state index contributed by atoms with van der Waals surface area (Å²) in [7, 11) is 0. The minimum Gasteiger partial charge on any atom is -0.355 e. The lowest BCUT2D eigenvalue weighted by Crippen LogP contribution is -2.31. The number of aryl methyl sites for hydroxylation is 2. The molecule has 2 aromatic heterocycles. The van der Waals surface area contributed by atoms with Gasteiger partial charge in [-0.15, -0.1) is 0 Å². The van der Waals surface area contributed by atoms with Gasteiger partial charge < -0.3 is 15.3 Å². The number of nitrogens with zero attached hydrogens (tertiary/aromatic N) is 1. The minimum absolute atomic E-state index is 0.0927. The standard InChI is InChI=1S/C17H19N5O3/c1-9-3-4-12-15(10(9)2)21-13(20-12)5-6-18-14(23)7-11-8-19-17(25)22-16(11)24/h3-4,8H,5-7H2,1-2H3,(H,18,23)(H,20,21)(H2,19,22,24,25).